The normalized spacial score (nSPS) is 16.2. The van der Waals surface area contributed by atoms with Crippen LogP contribution >= 0.6 is 0 Å². The smallest absolute Gasteiger partial charge is 0.253 e. The van der Waals surface area contributed by atoms with Crippen molar-refractivity contribution >= 4 is 10.9 Å². The van der Waals surface area contributed by atoms with Crippen LogP contribution < -0.4 is 5.56 Å². The summed E-state index contributed by atoms with van der Waals surface area (Å²) in [6, 6.07) is 16.0. The lowest BCUT2D eigenvalue weighted by Crippen LogP contribution is -2.49. The van der Waals surface area contributed by atoms with Gasteiger partial charge >= 0.3 is 0 Å². The third-order valence-corrected chi connectivity index (χ3v) is 7.07. The highest BCUT2D eigenvalue weighted by atomic mass is 16.1. The van der Waals surface area contributed by atoms with E-state index in [-0.39, 0.29) is 11.6 Å². The number of nitrogens with zero attached hydrogens (tertiary/aromatic N) is 6. The van der Waals surface area contributed by atoms with Crippen LogP contribution in [0.5, 0.6) is 0 Å². The number of hydrogen-bond donors (Lipinski definition) is 1. The molecular formula is C26H31N7O. The highest BCUT2D eigenvalue weighted by Gasteiger charge is 2.32. The highest BCUT2D eigenvalue weighted by Crippen LogP contribution is 2.29. The Bertz CT molecular complexity index is 1340. The lowest BCUT2D eigenvalue weighted by atomic mass is 9.99. The van der Waals surface area contributed by atoms with Gasteiger partial charge in [-0.3, -0.25) is 9.69 Å². The molecule has 2 aromatic carbocycles. The third-order valence-electron chi connectivity index (χ3n) is 7.07. The van der Waals surface area contributed by atoms with Crippen LogP contribution in [0.25, 0.3) is 10.9 Å². The molecule has 1 N–H and O–H groups in total. The van der Waals surface area contributed by atoms with Crippen molar-refractivity contribution in [3.05, 3.63) is 87.0 Å². The van der Waals surface area contributed by atoms with Gasteiger partial charge in [-0.25, -0.2) is 4.68 Å². The fraction of sp³-hybridized carbons (Fsp3) is 0.385. The summed E-state index contributed by atoms with van der Waals surface area (Å²) in [4.78, 5) is 21.4. The molecule has 34 heavy (non-hydrogen) atoms. The summed E-state index contributed by atoms with van der Waals surface area (Å²) in [5.74, 6) is 0.697. The lowest BCUT2D eigenvalue weighted by Gasteiger charge is -2.38. The number of pyridine rings is 1. The molecule has 3 heterocycles. The van der Waals surface area contributed by atoms with Gasteiger partial charge in [0.05, 0.1) is 12.1 Å². The molecule has 0 aliphatic carbocycles. The Balaban J connectivity index is 1.61. The van der Waals surface area contributed by atoms with E-state index in [1.807, 2.05) is 28.9 Å². The number of H-pyrrole nitrogens is 1. The Labute approximate surface area is 199 Å². The molecule has 0 spiro atoms. The quantitative estimate of drug-likeness (QED) is 0.479. The van der Waals surface area contributed by atoms with Gasteiger partial charge in [-0.05, 0) is 59.0 Å². The molecule has 0 radical (unpaired) electrons. The van der Waals surface area contributed by atoms with Gasteiger partial charge in [0.2, 0.25) is 0 Å². The second-order valence-corrected chi connectivity index (χ2v) is 9.08. The van der Waals surface area contributed by atoms with Crippen molar-refractivity contribution < 1.29 is 0 Å². The van der Waals surface area contributed by atoms with Crippen molar-refractivity contribution in [2.75, 3.05) is 32.7 Å². The van der Waals surface area contributed by atoms with E-state index in [1.165, 1.54) is 0 Å². The molecule has 5 rings (SSSR count). The molecule has 1 fully saturated rings. The van der Waals surface area contributed by atoms with Gasteiger partial charge in [-0.2, -0.15) is 0 Å². The van der Waals surface area contributed by atoms with Crippen LogP contribution in [-0.2, 0) is 6.54 Å². The fourth-order valence-corrected chi connectivity index (χ4v) is 4.86. The van der Waals surface area contributed by atoms with E-state index in [9.17, 15) is 4.79 Å². The number of tetrazole rings is 1. The van der Waals surface area contributed by atoms with Crippen molar-refractivity contribution in [1.82, 2.24) is 35.0 Å². The second-order valence-electron chi connectivity index (χ2n) is 9.08. The Morgan fingerprint density at radius 2 is 1.79 bits per heavy atom. The number of fused-ring (bicyclic) bond motifs is 1. The standard InChI is InChI=1S/C26H31N7O/c1-4-31-12-14-32(15-13-31)24(25-28-29-30-33(25)17-20-8-6-5-7-9-20)22-16-21-11-10-18(2)19(3)23(21)27-26(22)34/h5-11,16,24H,4,12-15,17H2,1-3H3,(H,27,34)/t24-/m1/s1. The summed E-state index contributed by atoms with van der Waals surface area (Å²) >= 11 is 0. The lowest BCUT2D eigenvalue weighted by molar-refractivity contribution is 0.108. The molecule has 8 heteroatoms. The molecule has 1 atom stereocenters. The van der Waals surface area contributed by atoms with Crippen molar-refractivity contribution in [1.29, 1.82) is 0 Å². The molecule has 2 aromatic heterocycles. The molecule has 0 saturated carbocycles. The van der Waals surface area contributed by atoms with E-state index in [2.05, 4.69) is 75.3 Å². The van der Waals surface area contributed by atoms with Gasteiger partial charge in [-0.15, -0.1) is 5.10 Å². The molecular weight excluding hydrogens is 426 g/mol. The molecule has 0 amide bonds. The monoisotopic (exact) mass is 457 g/mol. The van der Waals surface area contributed by atoms with Gasteiger partial charge < -0.3 is 9.88 Å². The van der Waals surface area contributed by atoms with Crippen LogP contribution in [0.2, 0.25) is 0 Å². The van der Waals surface area contributed by atoms with E-state index < -0.39 is 0 Å². The number of hydrogen-bond acceptors (Lipinski definition) is 6. The molecule has 8 nitrogen and oxygen atoms in total. The van der Waals surface area contributed by atoms with Gasteiger partial charge in [0.15, 0.2) is 5.82 Å². The maximum atomic E-state index is 13.5. The fourth-order valence-electron chi connectivity index (χ4n) is 4.86. The van der Waals surface area contributed by atoms with Crippen LogP contribution in [0.1, 0.15) is 41.0 Å². The molecule has 176 valence electrons. The molecule has 1 saturated heterocycles. The summed E-state index contributed by atoms with van der Waals surface area (Å²) in [6.45, 7) is 11.5. The summed E-state index contributed by atoms with van der Waals surface area (Å²) in [7, 11) is 0. The van der Waals surface area contributed by atoms with E-state index >= 15 is 0 Å². The van der Waals surface area contributed by atoms with Crippen LogP contribution in [0, 0.1) is 13.8 Å². The number of aromatic nitrogens is 5. The topological polar surface area (TPSA) is 82.9 Å². The first-order valence-electron chi connectivity index (χ1n) is 11.9. The first-order chi connectivity index (χ1) is 16.5. The first-order valence-corrected chi connectivity index (χ1v) is 11.9. The van der Waals surface area contributed by atoms with Crippen molar-refractivity contribution in [2.24, 2.45) is 0 Å². The Morgan fingerprint density at radius 3 is 2.53 bits per heavy atom. The average molecular weight is 458 g/mol. The number of aromatic amines is 1. The summed E-state index contributed by atoms with van der Waals surface area (Å²) in [5.41, 5.74) is 4.87. The minimum Gasteiger partial charge on any atom is -0.321 e. The second kappa shape index (κ2) is 9.48. The zero-order valence-electron chi connectivity index (χ0n) is 20.0. The zero-order valence-corrected chi connectivity index (χ0v) is 20.0. The van der Waals surface area contributed by atoms with E-state index in [0.717, 1.165) is 60.3 Å². The molecule has 1 aliphatic heterocycles. The predicted molar refractivity (Wildman–Crippen MR) is 133 cm³/mol. The molecule has 4 aromatic rings. The van der Waals surface area contributed by atoms with Crippen molar-refractivity contribution in [3.8, 4) is 0 Å². The molecule has 1 aliphatic rings. The first kappa shape index (κ1) is 22.4. The molecule has 0 bridgehead atoms. The summed E-state index contributed by atoms with van der Waals surface area (Å²) in [5, 5.41) is 13.8. The number of nitrogens with one attached hydrogen (secondary N) is 1. The largest absolute Gasteiger partial charge is 0.321 e. The minimum atomic E-state index is -0.326. The van der Waals surface area contributed by atoms with Gasteiger partial charge in [-0.1, -0.05) is 49.4 Å². The van der Waals surface area contributed by atoms with Gasteiger partial charge in [0.25, 0.3) is 5.56 Å². The third kappa shape index (κ3) is 4.26. The van der Waals surface area contributed by atoms with Crippen LogP contribution in [0.4, 0.5) is 0 Å². The zero-order chi connectivity index (χ0) is 23.7. The van der Waals surface area contributed by atoms with Gasteiger partial charge in [0.1, 0.15) is 6.04 Å². The SMILES string of the molecule is CCN1CCN([C@H](c2cc3ccc(C)c(C)c3[nH]c2=O)c2nnnn2Cc2ccccc2)CC1. The van der Waals surface area contributed by atoms with E-state index in [0.29, 0.717) is 17.9 Å². The van der Waals surface area contributed by atoms with Crippen LogP contribution in [-0.4, -0.2) is 67.7 Å². The average Bonchev–Trinajstić information content (AvgIpc) is 3.31. The summed E-state index contributed by atoms with van der Waals surface area (Å²) in [6.07, 6.45) is 0. The number of piperazine rings is 1. The maximum Gasteiger partial charge on any atom is 0.253 e. The Morgan fingerprint density at radius 1 is 1.03 bits per heavy atom. The van der Waals surface area contributed by atoms with E-state index in [1.54, 1.807) is 0 Å². The maximum absolute atomic E-state index is 13.5. The Hall–Kier alpha value is -3.36. The highest BCUT2D eigenvalue weighted by molar-refractivity contribution is 5.83. The van der Waals surface area contributed by atoms with Crippen LogP contribution in [0.3, 0.4) is 0 Å². The van der Waals surface area contributed by atoms with Gasteiger partial charge in [0, 0.05) is 31.7 Å². The van der Waals surface area contributed by atoms with Crippen LogP contribution in [0.15, 0.2) is 53.3 Å². The number of likely N-dealkylation sites (N-methyl/N-ethyl adjacent to an activating group) is 1. The predicted octanol–water partition coefficient (Wildman–Crippen LogP) is 2.91. The van der Waals surface area contributed by atoms with E-state index in [4.69, 9.17) is 0 Å². The number of benzene rings is 2. The number of aryl methyl sites for hydroxylation is 2. The van der Waals surface area contributed by atoms with Crippen molar-refractivity contribution in [2.45, 2.75) is 33.4 Å². The number of rotatable bonds is 6. The minimum absolute atomic E-state index is 0.0848. The summed E-state index contributed by atoms with van der Waals surface area (Å²) < 4.78 is 1.83. The Kier molecular flexibility index (Phi) is 6.26. The molecule has 0 unspecified atom stereocenters. The van der Waals surface area contributed by atoms with Crippen molar-refractivity contribution in [3.63, 3.8) is 0 Å².